The molecule has 12 nitrogen and oxygen atoms in total. The molecule has 2 amide bonds. The summed E-state index contributed by atoms with van der Waals surface area (Å²) in [4.78, 5) is 43.6. The van der Waals surface area contributed by atoms with Crippen LogP contribution in [0.15, 0.2) is 77.7 Å². The molecule has 256 valence electrons. The Kier molecular flexibility index (Phi) is 16.0. The summed E-state index contributed by atoms with van der Waals surface area (Å²) in [5, 5.41) is 23.6. The van der Waals surface area contributed by atoms with Gasteiger partial charge in [0, 0.05) is 48.6 Å². The van der Waals surface area contributed by atoms with E-state index in [2.05, 4.69) is 20.9 Å². The smallest absolute Gasteiger partial charge is 0.294 e. The number of carbonyl (C=O) groups excluding carboxylic acids is 2. The number of benzene rings is 3. The van der Waals surface area contributed by atoms with Gasteiger partial charge in [-0.15, -0.1) is 0 Å². The largest absolute Gasteiger partial charge is 0.399 e. The molecule has 9 N–H and O–H groups in total. The molecule has 13 heteroatoms. The van der Waals surface area contributed by atoms with E-state index in [-0.39, 0.29) is 54.3 Å². The molecule has 0 saturated heterocycles. The maximum Gasteiger partial charge on any atom is 0.294 e. The molecule has 1 heterocycles. The molecule has 0 unspecified atom stereocenters. The number of anilines is 2. The van der Waals surface area contributed by atoms with E-state index in [0.717, 1.165) is 11.1 Å². The van der Waals surface area contributed by atoms with Crippen molar-refractivity contribution in [3.8, 4) is 11.3 Å². The van der Waals surface area contributed by atoms with Gasteiger partial charge in [-0.05, 0) is 61.7 Å². The first kappa shape index (κ1) is 38.6. The van der Waals surface area contributed by atoms with Gasteiger partial charge in [-0.25, -0.2) is 9.37 Å². The number of aliphatic hydroxyl groups is 1. The third kappa shape index (κ3) is 11.7. The third-order valence-electron chi connectivity index (χ3n) is 6.58. The van der Waals surface area contributed by atoms with E-state index in [0.29, 0.717) is 36.3 Å². The van der Waals surface area contributed by atoms with E-state index in [4.69, 9.17) is 22.0 Å². The lowest BCUT2D eigenvalue weighted by molar-refractivity contribution is -0.121. The van der Waals surface area contributed by atoms with Crippen LogP contribution in [-0.4, -0.2) is 52.0 Å². The zero-order valence-corrected chi connectivity index (χ0v) is 27.8. The van der Waals surface area contributed by atoms with E-state index >= 15 is 0 Å². The first-order valence-electron chi connectivity index (χ1n) is 15.6. The van der Waals surface area contributed by atoms with Crippen LogP contribution in [0.5, 0.6) is 0 Å². The number of aliphatic hydroxyl groups excluding tert-OH is 1. The predicted molar refractivity (Wildman–Crippen MR) is 188 cm³/mol. The summed E-state index contributed by atoms with van der Waals surface area (Å²) in [6.45, 7) is 8.41. The lowest BCUT2D eigenvalue weighted by Crippen LogP contribution is -2.34. The fourth-order valence-electron chi connectivity index (χ4n) is 4.37. The average molecular weight is 661 g/mol. The zero-order chi connectivity index (χ0) is 35.6. The topological polar surface area (TPSA) is 201 Å². The number of amides is 2. The van der Waals surface area contributed by atoms with Gasteiger partial charge in [0.15, 0.2) is 5.82 Å². The molecular weight excluding hydrogens is 615 g/mol. The monoisotopic (exact) mass is 660 g/mol. The molecule has 0 saturated carbocycles. The van der Waals surface area contributed by atoms with Gasteiger partial charge in [-0.1, -0.05) is 50.2 Å². The second-order valence-electron chi connectivity index (χ2n) is 10.1. The van der Waals surface area contributed by atoms with Gasteiger partial charge >= 0.3 is 0 Å². The number of amidine groups is 1. The molecule has 0 fully saturated rings. The summed E-state index contributed by atoms with van der Waals surface area (Å²) < 4.78 is 14.4. The average Bonchev–Trinajstić information content (AvgIpc) is 3.07. The summed E-state index contributed by atoms with van der Waals surface area (Å²) in [5.41, 5.74) is 14.7. The SMILES string of the molecule is CC.CCNc1ncc(-c2cc(N)cc(C(=O)NCCc3ccc(F)cc3)c2)n(CC(=O)NCc2ccc(C(=N)N)cc2)c1=O.CCO. The number of nitrogens with zero attached hydrogens (tertiary/aromatic N) is 2. The number of halogens is 1. The molecule has 1 aromatic heterocycles. The third-order valence-corrected chi connectivity index (χ3v) is 6.58. The fourth-order valence-corrected chi connectivity index (χ4v) is 4.37. The Labute approximate surface area is 279 Å². The molecule has 0 spiro atoms. The van der Waals surface area contributed by atoms with Crippen LogP contribution in [0.1, 0.15) is 54.7 Å². The van der Waals surface area contributed by atoms with Crippen molar-refractivity contribution in [3.63, 3.8) is 0 Å². The minimum absolute atomic E-state index is 0.0520. The summed E-state index contributed by atoms with van der Waals surface area (Å²) in [6.07, 6.45) is 1.96. The molecule has 0 aliphatic carbocycles. The summed E-state index contributed by atoms with van der Waals surface area (Å²) in [5.74, 6) is -1.10. The summed E-state index contributed by atoms with van der Waals surface area (Å²) >= 11 is 0. The van der Waals surface area contributed by atoms with Gasteiger partial charge in [0.2, 0.25) is 5.91 Å². The van der Waals surface area contributed by atoms with E-state index in [9.17, 15) is 18.8 Å². The van der Waals surface area contributed by atoms with Crippen molar-refractivity contribution in [1.29, 1.82) is 5.41 Å². The van der Waals surface area contributed by atoms with E-state index in [1.807, 2.05) is 20.8 Å². The molecule has 3 aromatic carbocycles. The number of hydrogen-bond donors (Lipinski definition) is 7. The Balaban J connectivity index is 0.00000151. The minimum Gasteiger partial charge on any atom is -0.399 e. The minimum atomic E-state index is -0.506. The summed E-state index contributed by atoms with van der Waals surface area (Å²) in [7, 11) is 0. The predicted octanol–water partition coefficient (Wildman–Crippen LogP) is 3.66. The quantitative estimate of drug-likeness (QED) is 0.0678. The molecule has 0 bridgehead atoms. The second-order valence-corrected chi connectivity index (χ2v) is 10.1. The van der Waals surface area contributed by atoms with Crippen molar-refractivity contribution in [3.05, 3.63) is 111 Å². The Morgan fingerprint density at radius 2 is 1.58 bits per heavy atom. The number of nitrogens with one attached hydrogen (secondary N) is 4. The van der Waals surface area contributed by atoms with Crippen molar-refractivity contribution in [2.24, 2.45) is 5.73 Å². The zero-order valence-electron chi connectivity index (χ0n) is 27.8. The van der Waals surface area contributed by atoms with Gasteiger partial charge in [0.05, 0.1) is 11.9 Å². The highest BCUT2D eigenvalue weighted by atomic mass is 19.1. The number of hydrogen-bond acceptors (Lipinski definition) is 8. The highest BCUT2D eigenvalue weighted by Crippen LogP contribution is 2.23. The number of carbonyl (C=O) groups is 2. The number of nitrogen functional groups attached to an aromatic ring is 2. The second kappa shape index (κ2) is 19.8. The molecule has 0 atom stereocenters. The maximum absolute atomic E-state index is 13.4. The van der Waals surface area contributed by atoms with Crippen LogP contribution >= 0.6 is 0 Å². The van der Waals surface area contributed by atoms with Crippen molar-refractivity contribution in [2.75, 3.05) is 30.7 Å². The maximum atomic E-state index is 13.4. The van der Waals surface area contributed by atoms with Gasteiger partial charge in [-0.3, -0.25) is 24.4 Å². The lowest BCUT2D eigenvalue weighted by Gasteiger charge is -2.16. The van der Waals surface area contributed by atoms with Crippen LogP contribution in [0.4, 0.5) is 15.9 Å². The van der Waals surface area contributed by atoms with E-state index < -0.39 is 11.5 Å². The van der Waals surface area contributed by atoms with Crippen LogP contribution in [0.25, 0.3) is 11.3 Å². The molecule has 4 rings (SSSR count). The van der Waals surface area contributed by atoms with Crippen molar-refractivity contribution < 1.29 is 19.1 Å². The molecule has 0 aliphatic rings. The Bertz CT molecular complexity index is 1710. The van der Waals surface area contributed by atoms with Crippen LogP contribution < -0.4 is 33.0 Å². The van der Waals surface area contributed by atoms with Crippen molar-refractivity contribution in [1.82, 2.24) is 20.2 Å². The standard InChI is InChI=1S/C31H33FN8O3.C2H6O.C2H6/c1-2-36-29-31(43)40(18-27(41)38-16-20-3-7-21(8-4-20)28(34)35)26(17-39-29)22-13-23(15-25(33)14-22)30(42)37-12-11-19-5-9-24(32)10-6-19;1-2-3;1-2/h3-10,13-15,17H,2,11-12,16,18,33H2,1H3,(H3,34,35)(H,36,39)(H,37,42)(H,38,41);3H,2H2,1H3;1-2H3. The summed E-state index contributed by atoms with van der Waals surface area (Å²) in [6, 6.07) is 17.6. The number of rotatable bonds is 12. The Hall–Kier alpha value is -5.56. The van der Waals surface area contributed by atoms with Crippen molar-refractivity contribution in [2.45, 2.75) is 47.2 Å². The van der Waals surface area contributed by atoms with Crippen molar-refractivity contribution >= 4 is 29.2 Å². The number of aromatic nitrogens is 2. The van der Waals surface area contributed by atoms with Crippen LogP contribution in [0.3, 0.4) is 0 Å². The van der Waals surface area contributed by atoms with Gasteiger partial charge < -0.3 is 32.5 Å². The molecule has 0 aliphatic heterocycles. The fraction of sp³-hybridized carbons (Fsp3) is 0.286. The molecule has 0 radical (unpaired) electrons. The first-order chi connectivity index (χ1) is 23.1. The Morgan fingerprint density at radius 1 is 0.958 bits per heavy atom. The highest BCUT2D eigenvalue weighted by molar-refractivity contribution is 5.96. The lowest BCUT2D eigenvalue weighted by atomic mass is 10.1. The first-order valence-corrected chi connectivity index (χ1v) is 15.6. The van der Waals surface area contributed by atoms with Crippen LogP contribution in [0, 0.1) is 11.2 Å². The van der Waals surface area contributed by atoms with Gasteiger partial charge in [-0.2, -0.15) is 0 Å². The normalized spacial score (nSPS) is 10.0. The van der Waals surface area contributed by atoms with Crippen LogP contribution in [0.2, 0.25) is 0 Å². The molecule has 48 heavy (non-hydrogen) atoms. The van der Waals surface area contributed by atoms with Gasteiger partial charge in [0.1, 0.15) is 18.2 Å². The molecule has 4 aromatic rings. The van der Waals surface area contributed by atoms with Crippen LogP contribution in [-0.2, 0) is 24.3 Å². The highest BCUT2D eigenvalue weighted by Gasteiger charge is 2.17. The van der Waals surface area contributed by atoms with E-state index in [1.54, 1.807) is 55.5 Å². The van der Waals surface area contributed by atoms with E-state index in [1.165, 1.54) is 29.0 Å². The molecular formula is C35H45FN8O4. The Morgan fingerprint density at radius 3 is 2.19 bits per heavy atom. The number of nitrogens with two attached hydrogens (primary N) is 2. The van der Waals surface area contributed by atoms with Gasteiger partial charge in [0.25, 0.3) is 11.5 Å².